The van der Waals surface area contributed by atoms with Crippen LogP contribution in [0.3, 0.4) is 0 Å². The van der Waals surface area contributed by atoms with E-state index in [9.17, 15) is 0 Å². The van der Waals surface area contributed by atoms with Gasteiger partial charge in [0.25, 0.3) is 0 Å². The van der Waals surface area contributed by atoms with Gasteiger partial charge in [-0.25, -0.2) is 15.0 Å². The molecule has 23 aromatic rings. The molecule has 0 radical (unpaired) electrons. The summed E-state index contributed by atoms with van der Waals surface area (Å²) in [5, 5.41) is 5.12. The summed E-state index contributed by atoms with van der Waals surface area (Å²) in [6.45, 7) is 0. The Hall–Kier alpha value is -16.2. The summed E-state index contributed by atoms with van der Waals surface area (Å²) >= 11 is 3.80. The van der Waals surface area contributed by atoms with Crippen molar-refractivity contribution in [1.82, 2.24) is 15.0 Å². The molecule has 29 rings (SSSR count). The van der Waals surface area contributed by atoms with Crippen molar-refractivity contribution in [3.8, 4) is 134 Å². The lowest BCUT2D eigenvalue weighted by Gasteiger charge is -2.49. The third-order valence-electron chi connectivity index (χ3n) is 30.3. The Morgan fingerprint density at radius 3 is 1.08 bits per heavy atom. The van der Waals surface area contributed by atoms with E-state index in [1.54, 1.807) is 0 Å². The van der Waals surface area contributed by atoms with E-state index < -0.39 is 21.7 Å². The molecule has 5 heteroatoms. The number of pyridine rings is 1. The van der Waals surface area contributed by atoms with Crippen LogP contribution >= 0.6 is 22.7 Å². The molecule has 6 aliphatic carbocycles. The summed E-state index contributed by atoms with van der Waals surface area (Å²) in [7, 11) is 0. The number of fused-ring (bicyclic) bond motifs is 39. The maximum absolute atomic E-state index is 5.60. The van der Waals surface area contributed by atoms with Crippen LogP contribution in [-0.4, -0.2) is 15.0 Å². The number of benzene rings is 19. The van der Waals surface area contributed by atoms with Gasteiger partial charge in [-0.2, -0.15) is 0 Å². The molecule has 0 amide bonds. The van der Waals surface area contributed by atoms with Crippen molar-refractivity contribution < 1.29 is 0 Å². The fourth-order valence-electron chi connectivity index (χ4n) is 25.1. The molecule has 3 nitrogen and oxygen atoms in total. The van der Waals surface area contributed by atoms with Gasteiger partial charge in [-0.15, -0.1) is 22.7 Å². The topological polar surface area (TPSA) is 38.7 Å². The number of hydrogen-bond donors (Lipinski definition) is 0. The van der Waals surface area contributed by atoms with E-state index in [2.05, 4.69) is 455 Å². The van der Waals surface area contributed by atoms with Gasteiger partial charge in [0.1, 0.15) is 0 Å². The average Bonchev–Trinajstić information content (AvgIpc) is 1.43. The lowest BCUT2D eigenvalue weighted by Crippen LogP contribution is -2.43. The van der Waals surface area contributed by atoms with Crippen LogP contribution in [0.5, 0.6) is 0 Å². The average molecular weight is 1710 g/mol. The Morgan fingerprint density at radius 2 is 0.530 bits per heavy atom. The quantitative estimate of drug-likeness (QED) is 0.152. The molecular weight excluding hydrogens is 1630 g/mol. The Labute approximate surface area is 772 Å². The van der Waals surface area contributed by atoms with Crippen molar-refractivity contribution in [3.63, 3.8) is 0 Å². The van der Waals surface area contributed by atoms with Gasteiger partial charge in [-0.1, -0.05) is 394 Å². The van der Waals surface area contributed by atoms with Gasteiger partial charge in [0.2, 0.25) is 0 Å². The Balaban J connectivity index is 0.563. The SMILES string of the molecule is c1ccc(-c2cc(-c3cccc4c3-c3cc5c(cc3C43c4ccccc4C4(c6ccccc6-c6ccccc64)c4ccccc43)sc3cc(-c4ccc(-c6nc(-c7ccccc7)cc(-c7cccc(-c8ccc9c(c8)C8(c%10ccccc%10C%10(c%11ccccc%11-c%11ccccc%11%10)c%10ccccc%108)c8c-9ccc9sc%10ccccc%10c89)c7)n6)cc4)ccc35)cc(-c3ccccc3)n2)cc1. The van der Waals surface area contributed by atoms with E-state index in [0.29, 0.717) is 5.82 Å². The van der Waals surface area contributed by atoms with Crippen molar-refractivity contribution >= 4 is 63.0 Å². The molecule has 0 fully saturated rings. The Morgan fingerprint density at radius 1 is 0.159 bits per heavy atom. The molecule has 610 valence electrons. The molecule has 0 atom stereocenters. The van der Waals surface area contributed by atoms with Crippen LogP contribution in [-0.2, 0) is 21.7 Å². The number of rotatable bonds is 8. The zero-order valence-corrected chi connectivity index (χ0v) is 73.1. The van der Waals surface area contributed by atoms with E-state index in [1.807, 2.05) is 22.7 Å². The molecule has 4 spiro atoms. The van der Waals surface area contributed by atoms with E-state index in [-0.39, 0.29) is 0 Å². The van der Waals surface area contributed by atoms with Crippen LogP contribution in [0.25, 0.3) is 175 Å². The normalized spacial score (nSPS) is 14.3. The van der Waals surface area contributed by atoms with Gasteiger partial charge in [-0.05, 0) is 228 Å². The number of aromatic nitrogens is 3. The number of hydrogen-bond acceptors (Lipinski definition) is 5. The van der Waals surface area contributed by atoms with E-state index >= 15 is 0 Å². The van der Waals surface area contributed by atoms with E-state index in [1.165, 1.54) is 179 Å². The first-order valence-corrected chi connectivity index (χ1v) is 47.4. The van der Waals surface area contributed by atoms with Gasteiger partial charge in [0.05, 0.1) is 44.4 Å². The molecule has 132 heavy (non-hydrogen) atoms. The number of nitrogens with zero attached hydrogens (tertiary/aromatic N) is 3. The van der Waals surface area contributed by atoms with Crippen LogP contribution in [0.15, 0.2) is 455 Å². The second kappa shape index (κ2) is 27.7. The monoisotopic (exact) mass is 1710 g/mol. The van der Waals surface area contributed by atoms with Crippen molar-refractivity contribution in [1.29, 1.82) is 0 Å². The predicted molar refractivity (Wildman–Crippen MR) is 545 cm³/mol. The molecule has 0 saturated carbocycles. The molecule has 4 aromatic heterocycles. The minimum atomic E-state index is -0.730. The Kier molecular flexibility index (Phi) is 15.5. The fourth-order valence-corrected chi connectivity index (χ4v) is 27.4. The van der Waals surface area contributed by atoms with Crippen molar-refractivity contribution in [2.24, 2.45) is 0 Å². The largest absolute Gasteiger partial charge is 0.248 e. The summed E-state index contributed by atoms with van der Waals surface area (Å²) in [4.78, 5) is 16.5. The third-order valence-corrected chi connectivity index (χ3v) is 32.5. The van der Waals surface area contributed by atoms with Crippen molar-refractivity contribution in [2.45, 2.75) is 21.7 Å². The maximum Gasteiger partial charge on any atom is 0.160 e. The first-order valence-electron chi connectivity index (χ1n) is 45.7. The van der Waals surface area contributed by atoms with Gasteiger partial charge in [-0.3, -0.25) is 0 Å². The highest BCUT2D eigenvalue weighted by Crippen LogP contribution is 2.72. The highest BCUT2D eigenvalue weighted by molar-refractivity contribution is 7.26. The Bertz CT molecular complexity index is 8670. The highest BCUT2D eigenvalue weighted by atomic mass is 32.1. The summed E-state index contributed by atoms with van der Waals surface area (Å²) in [5.41, 5.74) is 44.3. The molecule has 0 bridgehead atoms. The maximum atomic E-state index is 5.60. The van der Waals surface area contributed by atoms with Gasteiger partial charge in [0, 0.05) is 68.2 Å². The van der Waals surface area contributed by atoms with Crippen LogP contribution in [0.2, 0.25) is 0 Å². The lowest BCUT2D eigenvalue weighted by atomic mass is 9.52. The smallest absolute Gasteiger partial charge is 0.160 e. The zero-order chi connectivity index (χ0) is 86.3. The van der Waals surface area contributed by atoms with Crippen molar-refractivity contribution in [2.75, 3.05) is 0 Å². The molecular formula is C127H75N3S2. The molecule has 0 aliphatic heterocycles. The summed E-state index contributed by atoms with van der Waals surface area (Å²) in [6.07, 6.45) is 0. The highest BCUT2D eigenvalue weighted by Gasteiger charge is 2.62. The second-order valence-corrected chi connectivity index (χ2v) is 38.5. The lowest BCUT2D eigenvalue weighted by molar-refractivity contribution is 0.633. The summed E-state index contributed by atoms with van der Waals surface area (Å²) in [5.74, 6) is 0.664. The first kappa shape index (κ1) is 73.8. The summed E-state index contributed by atoms with van der Waals surface area (Å²) in [6, 6.07) is 172. The van der Waals surface area contributed by atoms with Gasteiger partial charge in [0.15, 0.2) is 5.82 Å². The van der Waals surface area contributed by atoms with Gasteiger partial charge < -0.3 is 0 Å². The van der Waals surface area contributed by atoms with E-state index in [0.717, 1.165) is 78.4 Å². The fraction of sp³-hybridized carbons (Fsp3) is 0.0315. The number of thiophene rings is 2. The summed E-state index contributed by atoms with van der Waals surface area (Å²) < 4.78 is 5.09. The van der Waals surface area contributed by atoms with Gasteiger partial charge >= 0.3 is 0 Å². The van der Waals surface area contributed by atoms with Crippen LogP contribution in [0, 0.1) is 0 Å². The predicted octanol–water partition coefficient (Wildman–Crippen LogP) is 32.0. The minimum absolute atomic E-state index is 0.566. The first-order chi connectivity index (χ1) is 65.4. The van der Waals surface area contributed by atoms with Crippen LogP contribution < -0.4 is 0 Å². The van der Waals surface area contributed by atoms with Crippen LogP contribution in [0.4, 0.5) is 0 Å². The van der Waals surface area contributed by atoms with Crippen LogP contribution in [0.1, 0.15) is 89.0 Å². The standard InChI is InChI=1S/C127H75N3S2/c1-4-30-77(31-5-1)112-70-85(71-113(128-112)78-32-6-2-7-33-78)86-43-29-56-109-120(86)96-73-95-92-65-63-83(72-118(92)132-119(95)74-111(96)126(109)103-50-21-19-48-101(103)124(102-49-20-22-51-104(102)126)97-44-15-10-38-87(97)88-39-11-16-45-98(88)124)76-58-60-80(61-59-76)123-129-114(79-34-8-3-9-35-79)75-115(130-123)84-37-28-36-81(68-84)82-62-64-91-93-66-67-117-121(94-42-14-27-57-116(94)131-117)122(93)127(110(91)69-82)107-54-25-23-52-105(107)125(106-53-24-26-55-108(106)127)99-46-17-12-40-89(99)90-41-13-18-47-100(90)125/h1-75H. The molecule has 6 aliphatic rings. The second-order valence-electron chi connectivity index (χ2n) is 36.4. The molecule has 0 N–H and O–H groups in total. The van der Waals surface area contributed by atoms with Crippen molar-refractivity contribution in [3.05, 3.63) is 544 Å². The minimum Gasteiger partial charge on any atom is -0.248 e. The van der Waals surface area contributed by atoms with E-state index in [4.69, 9.17) is 15.0 Å². The molecule has 4 heterocycles. The molecule has 0 unspecified atom stereocenters. The molecule has 0 saturated heterocycles. The molecule has 19 aromatic carbocycles. The zero-order valence-electron chi connectivity index (χ0n) is 71.5. The third kappa shape index (κ3) is 9.84.